The molecule has 0 bridgehead atoms. The first-order valence-electron chi connectivity index (χ1n) is 6.67. The lowest BCUT2D eigenvalue weighted by atomic mass is 9.73. The van der Waals surface area contributed by atoms with Gasteiger partial charge in [-0.25, -0.2) is 0 Å². The molecule has 1 heteroatoms. The van der Waals surface area contributed by atoms with Crippen molar-refractivity contribution in [3.05, 3.63) is 0 Å². The highest BCUT2D eigenvalue weighted by Crippen LogP contribution is 2.37. The van der Waals surface area contributed by atoms with Crippen LogP contribution in [-0.4, -0.2) is 6.29 Å². The van der Waals surface area contributed by atoms with Crippen molar-refractivity contribution in [3.63, 3.8) is 0 Å². The maximum absolute atomic E-state index is 10.3. The van der Waals surface area contributed by atoms with E-state index in [0.29, 0.717) is 0 Å². The molecule has 1 rings (SSSR count). The van der Waals surface area contributed by atoms with Gasteiger partial charge in [0.05, 0.1) is 0 Å². The Morgan fingerprint density at radius 1 is 1.20 bits per heavy atom. The highest BCUT2D eigenvalue weighted by atomic mass is 16.1. The molecule has 1 aliphatic carbocycles. The van der Waals surface area contributed by atoms with Crippen LogP contribution >= 0.6 is 0 Å². The van der Waals surface area contributed by atoms with E-state index in [1.54, 1.807) is 0 Å². The Morgan fingerprint density at radius 2 is 1.87 bits per heavy atom. The van der Waals surface area contributed by atoms with E-state index in [2.05, 4.69) is 13.8 Å². The first kappa shape index (κ1) is 12.7. The summed E-state index contributed by atoms with van der Waals surface area (Å²) in [6.45, 7) is 4.66. The van der Waals surface area contributed by atoms with Crippen LogP contribution in [0.5, 0.6) is 0 Å². The summed E-state index contributed by atoms with van der Waals surface area (Å²) in [5.74, 6) is 2.70. The number of hydrogen-bond acceptors (Lipinski definition) is 1. The van der Waals surface area contributed by atoms with Crippen LogP contribution < -0.4 is 0 Å². The predicted octanol–water partition coefficient (Wildman–Crippen LogP) is 4.21. The molecular weight excluding hydrogens is 184 g/mol. The monoisotopic (exact) mass is 210 g/mol. The SMILES string of the molecule is CC(C)CC1CCCCC1CCCC=O. The Morgan fingerprint density at radius 3 is 2.47 bits per heavy atom. The van der Waals surface area contributed by atoms with E-state index < -0.39 is 0 Å². The highest BCUT2D eigenvalue weighted by molar-refractivity contribution is 5.48. The maximum atomic E-state index is 10.3. The molecule has 0 aromatic heterocycles. The van der Waals surface area contributed by atoms with Gasteiger partial charge in [0.15, 0.2) is 0 Å². The van der Waals surface area contributed by atoms with Gasteiger partial charge >= 0.3 is 0 Å². The molecule has 0 saturated heterocycles. The van der Waals surface area contributed by atoms with Crippen molar-refractivity contribution in [3.8, 4) is 0 Å². The molecule has 0 N–H and O–H groups in total. The summed E-state index contributed by atoms with van der Waals surface area (Å²) in [6, 6.07) is 0. The number of hydrogen-bond donors (Lipinski definition) is 0. The number of unbranched alkanes of at least 4 members (excludes halogenated alkanes) is 1. The lowest BCUT2D eigenvalue weighted by Crippen LogP contribution is -2.21. The molecule has 1 saturated carbocycles. The van der Waals surface area contributed by atoms with E-state index in [-0.39, 0.29) is 0 Å². The van der Waals surface area contributed by atoms with Crippen LogP contribution in [0, 0.1) is 17.8 Å². The van der Waals surface area contributed by atoms with Crippen LogP contribution in [0.3, 0.4) is 0 Å². The van der Waals surface area contributed by atoms with Crippen LogP contribution in [0.4, 0.5) is 0 Å². The fourth-order valence-electron chi connectivity index (χ4n) is 3.04. The average Bonchev–Trinajstić information content (AvgIpc) is 2.20. The molecule has 0 heterocycles. The zero-order valence-electron chi connectivity index (χ0n) is 10.4. The van der Waals surface area contributed by atoms with Gasteiger partial charge in [0.25, 0.3) is 0 Å². The first-order chi connectivity index (χ1) is 7.24. The highest BCUT2D eigenvalue weighted by Gasteiger charge is 2.24. The third-order valence-electron chi connectivity index (χ3n) is 3.74. The van der Waals surface area contributed by atoms with Gasteiger partial charge in [0, 0.05) is 6.42 Å². The Labute approximate surface area is 94.6 Å². The Bertz CT molecular complexity index is 174. The van der Waals surface area contributed by atoms with Crippen molar-refractivity contribution < 1.29 is 4.79 Å². The zero-order valence-corrected chi connectivity index (χ0v) is 10.4. The van der Waals surface area contributed by atoms with Gasteiger partial charge < -0.3 is 4.79 Å². The van der Waals surface area contributed by atoms with Crippen molar-refractivity contribution in [1.82, 2.24) is 0 Å². The Hall–Kier alpha value is -0.330. The third-order valence-corrected chi connectivity index (χ3v) is 3.74. The van der Waals surface area contributed by atoms with E-state index >= 15 is 0 Å². The van der Waals surface area contributed by atoms with Crippen LogP contribution in [0.2, 0.25) is 0 Å². The first-order valence-corrected chi connectivity index (χ1v) is 6.67. The van der Waals surface area contributed by atoms with Crippen LogP contribution in [0.25, 0.3) is 0 Å². The second-order valence-electron chi connectivity index (χ2n) is 5.53. The summed E-state index contributed by atoms with van der Waals surface area (Å²) in [7, 11) is 0. The Balaban J connectivity index is 2.32. The number of rotatable bonds is 6. The molecule has 2 atom stereocenters. The molecule has 0 aromatic rings. The maximum Gasteiger partial charge on any atom is 0.119 e. The molecular formula is C14H26O. The normalized spacial score (nSPS) is 26.9. The summed E-state index contributed by atoms with van der Waals surface area (Å²) in [4.78, 5) is 10.3. The van der Waals surface area contributed by atoms with Gasteiger partial charge in [0.1, 0.15) is 6.29 Å². The topological polar surface area (TPSA) is 17.1 Å². The minimum atomic E-state index is 0.769. The van der Waals surface area contributed by atoms with Gasteiger partial charge in [-0.2, -0.15) is 0 Å². The molecule has 0 aliphatic heterocycles. The second kappa shape index (κ2) is 7.03. The summed E-state index contributed by atoms with van der Waals surface area (Å²) in [6.07, 6.45) is 11.3. The van der Waals surface area contributed by atoms with Crippen molar-refractivity contribution >= 4 is 6.29 Å². The minimum Gasteiger partial charge on any atom is -0.303 e. The molecule has 1 aliphatic rings. The molecule has 15 heavy (non-hydrogen) atoms. The number of aldehydes is 1. The van der Waals surface area contributed by atoms with Gasteiger partial charge in [-0.1, -0.05) is 39.5 Å². The van der Waals surface area contributed by atoms with E-state index in [1.165, 1.54) is 38.5 Å². The second-order valence-corrected chi connectivity index (χ2v) is 5.53. The fourth-order valence-corrected chi connectivity index (χ4v) is 3.04. The van der Waals surface area contributed by atoms with Gasteiger partial charge in [-0.15, -0.1) is 0 Å². The van der Waals surface area contributed by atoms with Crippen molar-refractivity contribution in [2.45, 2.75) is 65.2 Å². The quantitative estimate of drug-likeness (QED) is 0.474. The van der Waals surface area contributed by atoms with Crippen molar-refractivity contribution in [2.75, 3.05) is 0 Å². The summed E-state index contributed by atoms with van der Waals surface area (Å²) in [5.41, 5.74) is 0. The standard InChI is InChI=1S/C14H26O/c1-12(2)11-14-9-4-3-7-13(14)8-5-6-10-15/h10,12-14H,3-9,11H2,1-2H3. The van der Waals surface area contributed by atoms with E-state index in [0.717, 1.165) is 36.9 Å². The minimum absolute atomic E-state index is 0.769. The Kier molecular flexibility index (Phi) is 5.97. The summed E-state index contributed by atoms with van der Waals surface area (Å²) < 4.78 is 0. The smallest absolute Gasteiger partial charge is 0.119 e. The third kappa shape index (κ3) is 4.81. The van der Waals surface area contributed by atoms with Crippen LogP contribution in [-0.2, 0) is 4.79 Å². The molecule has 88 valence electrons. The zero-order chi connectivity index (χ0) is 11.1. The van der Waals surface area contributed by atoms with Gasteiger partial charge in [0.2, 0.25) is 0 Å². The number of carbonyl (C=O) groups is 1. The van der Waals surface area contributed by atoms with Gasteiger partial charge in [-0.3, -0.25) is 0 Å². The molecule has 1 fully saturated rings. The summed E-state index contributed by atoms with van der Waals surface area (Å²) in [5, 5.41) is 0. The fraction of sp³-hybridized carbons (Fsp3) is 0.929. The molecule has 1 nitrogen and oxygen atoms in total. The van der Waals surface area contributed by atoms with Crippen LogP contribution in [0.15, 0.2) is 0 Å². The average molecular weight is 210 g/mol. The number of carbonyl (C=O) groups excluding carboxylic acids is 1. The molecule has 0 radical (unpaired) electrons. The summed E-state index contributed by atoms with van der Waals surface area (Å²) >= 11 is 0. The van der Waals surface area contributed by atoms with E-state index in [9.17, 15) is 4.79 Å². The largest absolute Gasteiger partial charge is 0.303 e. The van der Waals surface area contributed by atoms with E-state index in [4.69, 9.17) is 0 Å². The van der Waals surface area contributed by atoms with Crippen molar-refractivity contribution in [1.29, 1.82) is 0 Å². The lowest BCUT2D eigenvalue weighted by Gasteiger charge is -2.32. The molecule has 0 amide bonds. The predicted molar refractivity (Wildman–Crippen MR) is 64.8 cm³/mol. The van der Waals surface area contributed by atoms with Crippen LogP contribution in [0.1, 0.15) is 65.2 Å². The van der Waals surface area contributed by atoms with Crippen molar-refractivity contribution in [2.24, 2.45) is 17.8 Å². The molecule has 0 spiro atoms. The van der Waals surface area contributed by atoms with E-state index in [1.807, 2.05) is 0 Å². The molecule has 0 aromatic carbocycles. The lowest BCUT2D eigenvalue weighted by molar-refractivity contribution is -0.108. The molecule has 2 unspecified atom stereocenters. The van der Waals surface area contributed by atoms with Gasteiger partial charge in [-0.05, 0) is 37.0 Å².